The Morgan fingerprint density at radius 2 is 1.93 bits per heavy atom. The molecule has 0 spiro atoms. The first-order valence-electron chi connectivity index (χ1n) is 9.65. The van der Waals surface area contributed by atoms with Crippen LogP contribution in [0.4, 0.5) is 15.8 Å². The predicted octanol–water partition coefficient (Wildman–Crippen LogP) is 2.39. The fourth-order valence-electron chi connectivity index (χ4n) is 3.79. The molecule has 1 fully saturated rings. The number of hydrogen-bond acceptors (Lipinski definition) is 6. The first kappa shape index (κ1) is 18.4. The van der Waals surface area contributed by atoms with Crippen molar-refractivity contribution in [2.24, 2.45) is 0 Å². The van der Waals surface area contributed by atoms with Crippen LogP contribution in [0.15, 0.2) is 43.0 Å². The summed E-state index contributed by atoms with van der Waals surface area (Å²) in [6.45, 7) is 3.53. The number of pyridine rings is 1. The number of aromatic nitrogens is 4. The van der Waals surface area contributed by atoms with E-state index in [0.717, 1.165) is 18.8 Å². The van der Waals surface area contributed by atoms with E-state index in [1.54, 1.807) is 42.2 Å². The molecule has 9 heteroatoms. The number of halogens is 1. The summed E-state index contributed by atoms with van der Waals surface area (Å²) in [5, 5.41) is 6.01. The fraction of sp³-hybridized carbons (Fsp3) is 0.238. The lowest BCUT2D eigenvalue weighted by Gasteiger charge is -2.41. The monoisotopic (exact) mass is 405 g/mol. The molecule has 4 aromatic rings. The molecular weight excluding hydrogens is 385 g/mol. The molecule has 1 amide bonds. The topological polar surface area (TPSA) is 87.5 Å². The molecule has 5 rings (SSSR count). The second-order valence-corrected chi connectivity index (χ2v) is 7.42. The third-order valence-electron chi connectivity index (χ3n) is 5.36. The van der Waals surface area contributed by atoms with Crippen molar-refractivity contribution in [2.75, 3.05) is 30.4 Å². The smallest absolute Gasteiger partial charge is 0.257 e. The number of carbonyl (C=O) groups is 1. The average Bonchev–Trinajstić information content (AvgIpc) is 3.08. The van der Waals surface area contributed by atoms with Gasteiger partial charge >= 0.3 is 0 Å². The summed E-state index contributed by atoms with van der Waals surface area (Å²) in [7, 11) is 1.94. The van der Waals surface area contributed by atoms with Crippen LogP contribution in [0.3, 0.4) is 0 Å². The molecule has 1 saturated heterocycles. The minimum Gasteiger partial charge on any atom is -0.366 e. The number of carbonyl (C=O) groups excluding carboxylic acids is 1. The van der Waals surface area contributed by atoms with Gasteiger partial charge in [-0.2, -0.15) is 0 Å². The number of amides is 1. The summed E-state index contributed by atoms with van der Waals surface area (Å²) in [5.74, 6) is -0.878. The number of imidazole rings is 1. The Morgan fingerprint density at radius 3 is 2.70 bits per heavy atom. The zero-order valence-corrected chi connectivity index (χ0v) is 16.6. The van der Waals surface area contributed by atoms with Crippen molar-refractivity contribution in [3.8, 4) is 0 Å². The Hall–Kier alpha value is -3.59. The van der Waals surface area contributed by atoms with Crippen molar-refractivity contribution in [3.05, 3.63) is 60.1 Å². The van der Waals surface area contributed by atoms with Gasteiger partial charge in [-0.3, -0.25) is 14.8 Å². The molecule has 3 aromatic heterocycles. The molecule has 0 unspecified atom stereocenters. The van der Waals surface area contributed by atoms with Crippen molar-refractivity contribution >= 4 is 34.0 Å². The normalized spacial score (nSPS) is 14.3. The van der Waals surface area contributed by atoms with Crippen molar-refractivity contribution in [1.29, 1.82) is 0 Å². The van der Waals surface area contributed by atoms with Gasteiger partial charge in [0.05, 0.1) is 22.6 Å². The Bertz CT molecular complexity index is 1280. The number of likely N-dealkylation sites (N-methyl/N-ethyl adjacent to an activating group) is 1. The molecule has 30 heavy (non-hydrogen) atoms. The third kappa shape index (κ3) is 3.03. The highest BCUT2D eigenvalue weighted by Crippen LogP contribution is 2.30. The van der Waals surface area contributed by atoms with Gasteiger partial charge in [-0.25, -0.2) is 9.37 Å². The van der Waals surface area contributed by atoms with E-state index < -0.39 is 5.82 Å². The van der Waals surface area contributed by atoms with E-state index in [1.807, 2.05) is 13.1 Å². The molecule has 1 aliphatic rings. The number of nitrogens with one attached hydrogen (secondary N) is 2. The van der Waals surface area contributed by atoms with Crippen molar-refractivity contribution in [2.45, 2.75) is 13.0 Å². The van der Waals surface area contributed by atoms with Crippen LogP contribution in [0.5, 0.6) is 0 Å². The molecule has 1 aromatic carbocycles. The molecule has 0 atom stereocenters. The van der Waals surface area contributed by atoms with Crippen LogP contribution in [0.1, 0.15) is 16.1 Å². The van der Waals surface area contributed by atoms with Gasteiger partial charge in [0, 0.05) is 50.0 Å². The first-order valence-corrected chi connectivity index (χ1v) is 9.65. The van der Waals surface area contributed by atoms with E-state index in [1.165, 1.54) is 6.07 Å². The lowest BCUT2D eigenvalue weighted by molar-refractivity contribution is 0.102. The van der Waals surface area contributed by atoms with Crippen LogP contribution in [0, 0.1) is 12.7 Å². The number of nitrogens with zero attached hydrogens (tertiary/aromatic N) is 5. The van der Waals surface area contributed by atoms with E-state index in [4.69, 9.17) is 0 Å². The molecule has 2 N–H and O–H groups in total. The maximum Gasteiger partial charge on any atom is 0.257 e. The Labute approximate surface area is 171 Å². The van der Waals surface area contributed by atoms with Crippen LogP contribution in [0.25, 0.3) is 16.7 Å². The van der Waals surface area contributed by atoms with Gasteiger partial charge in [0.15, 0.2) is 11.5 Å². The molecule has 8 nitrogen and oxygen atoms in total. The van der Waals surface area contributed by atoms with E-state index in [2.05, 4.69) is 30.5 Å². The number of benzene rings is 1. The molecule has 0 radical (unpaired) electrons. The van der Waals surface area contributed by atoms with Gasteiger partial charge in [-0.05, 0) is 26.1 Å². The molecule has 1 aliphatic heterocycles. The standard InChI is InChI=1S/C21H20FN7O/c1-12-8-29-9-13(7-16(22)20(29)26-12)27-21(30)15-3-4-17(28-10-14(11-28)23-2)19-18(15)24-5-6-25-19/h3-9,14,23H,10-11H2,1-2H3,(H,27,30). The number of aryl methyl sites for hydroxylation is 1. The summed E-state index contributed by atoms with van der Waals surface area (Å²) in [6.07, 6.45) is 6.52. The Morgan fingerprint density at radius 1 is 1.17 bits per heavy atom. The summed E-state index contributed by atoms with van der Waals surface area (Å²) >= 11 is 0. The minimum absolute atomic E-state index is 0.223. The Kier molecular flexibility index (Phi) is 4.32. The molecule has 0 saturated carbocycles. The van der Waals surface area contributed by atoms with Crippen LogP contribution in [-0.4, -0.2) is 51.4 Å². The van der Waals surface area contributed by atoms with Crippen molar-refractivity contribution in [1.82, 2.24) is 24.7 Å². The van der Waals surface area contributed by atoms with E-state index in [-0.39, 0.29) is 11.6 Å². The SMILES string of the molecule is CNC1CN(c2ccc(C(=O)Nc3cc(F)c4nc(C)cn4c3)c3nccnc23)C1. The first-order chi connectivity index (χ1) is 14.5. The summed E-state index contributed by atoms with van der Waals surface area (Å²) in [5.41, 5.74) is 3.77. The van der Waals surface area contributed by atoms with Crippen LogP contribution in [0.2, 0.25) is 0 Å². The van der Waals surface area contributed by atoms with Gasteiger partial charge in [-0.1, -0.05) is 0 Å². The van der Waals surface area contributed by atoms with Crippen LogP contribution >= 0.6 is 0 Å². The van der Waals surface area contributed by atoms with Gasteiger partial charge in [0.1, 0.15) is 11.0 Å². The second kappa shape index (κ2) is 7.03. The highest BCUT2D eigenvalue weighted by Gasteiger charge is 2.28. The predicted molar refractivity (Wildman–Crippen MR) is 112 cm³/mol. The Balaban J connectivity index is 1.48. The lowest BCUT2D eigenvalue weighted by Crippen LogP contribution is -2.57. The van der Waals surface area contributed by atoms with Gasteiger partial charge in [0.25, 0.3) is 5.91 Å². The maximum atomic E-state index is 14.3. The molecule has 0 bridgehead atoms. The number of anilines is 2. The zero-order chi connectivity index (χ0) is 20.8. The molecule has 0 aliphatic carbocycles. The highest BCUT2D eigenvalue weighted by molar-refractivity contribution is 6.13. The molecule has 152 valence electrons. The van der Waals surface area contributed by atoms with Gasteiger partial charge < -0.3 is 19.9 Å². The summed E-state index contributed by atoms with van der Waals surface area (Å²) < 4.78 is 15.9. The van der Waals surface area contributed by atoms with Crippen LogP contribution in [-0.2, 0) is 0 Å². The van der Waals surface area contributed by atoms with E-state index >= 15 is 0 Å². The number of hydrogen-bond donors (Lipinski definition) is 2. The quantitative estimate of drug-likeness (QED) is 0.542. The minimum atomic E-state index is -0.502. The maximum absolute atomic E-state index is 14.3. The molecular formula is C21H20FN7O. The number of fused-ring (bicyclic) bond motifs is 2. The van der Waals surface area contributed by atoms with Crippen molar-refractivity contribution in [3.63, 3.8) is 0 Å². The summed E-state index contributed by atoms with van der Waals surface area (Å²) in [6, 6.07) is 5.34. The summed E-state index contributed by atoms with van der Waals surface area (Å²) in [4.78, 5) is 28.2. The third-order valence-corrected chi connectivity index (χ3v) is 5.36. The largest absolute Gasteiger partial charge is 0.366 e. The fourth-order valence-corrected chi connectivity index (χ4v) is 3.79. The lowest BCUT2D eigenvalue weighted by atomic mass is 10.0. The molecule has 4 heterocycles. The van der Waals surface area contributed by atoms with Gasteiger partial charge in [-0.15, -0.1) is 0 Å². The second-order valence-electron chi connectivity index (χ2n) is 7.42. The number of rotatable bonds is 4. The van der Waals surface area contributed by atoms with Crippen LogP contribution < -0.4 is 15.5 Å². The van der Waals surface area contributed by atoms with Gasteiger partial charge in [0.2, 0.25) is 0 Å². The van der Waals surface area contributed by atoms with E-state index in [9.17, 15) is 9.18 Å². The highest BCUT2D eigenvalue weighted by atomic mass is 19.1. The zero-order valence-electron chi connectivity index (χ0n) is 16.6. The average molecular weight is 405 g/mol. The van der Waals surface area contributed by atoms with E-state index in [0.29, 0.717) is 34.0 Å². The van der Waals surface area contributed by atoms with Crippen molar-refractivity contribution < 1.29 is 9.18 Å².